The summed E-state index contributed by atoms with van der Waals surface area (Å²) in [4.78, 5) is 7.04. The van der Waals surface area contributed by atoms with Gasteiger partial charge in [0.1, 0.15) is 5.75 Å². The van der Waals surface area contributed by atoms with Crippen LogP contribution in [0.2, 0.25) is 0 Å². The molecule has 5 rings (SSSR count). The molecule has 4 nitrogen and oxygen atoms in total. The number of benzene rings is 1. The maximum absolute atomic E-state index is 6.76. The van der Waals surface area contributed by atoms with Gasteiger partial charge in [-0.25, -0.2) is 0 Å². The first-order valence-electron chi connectivity index (χ1n) is 8.76. The van der Waals surface area contributed by atoms with E-state index in [0.29, 0.717) is 12.0 Å². The quantitative estimate of drug-likeness (QED) is 0.878. The lowest BCUT2D eigenvalue weighted by Crippen LogP contribution is -2.56. The van der Waals surface area contributed by atoms with E-state index in [2.05, 4.69) is 34.7 Å². The largest absolute Gasteiger partial charge is 0.497 e. The van der Waals surface area contributed by atoms with E-state index in [1.54, 1.807) is 7.11 Å². The third-order valence-electron chi connectivity index (χ3n) is 5.91. The molecule has 3 fully saturated rings. The first kappa shape index (κ1) is 15.6. The molecule has 2 N–H and O–H groups in total. The van der Waals surface area contributed by atoms with Crippen molar-refractivity contribution in [2.45, 2.75) is 24.9 Å². The summed E-state index contributed by atoms with van der Waals surface area (Å²) >= 11 is 0. The number of hydrogen-bond donors (Lipinski definition) is 1. The van der Waals surface area contributed by atoms with Crippen LogP contribution in [0.5, 0.6) is 5.75 Å². The van der Waals surface area contributed by atoms with E-state index >= 15 is 0 Å². The van der Waals surface area contributed by atoms with Crippen molar-refractivity contribution in [1.29, 1.82) is 0 Å². The highest BCUT2D eigenvalue weighted by Crippen LogP contribution is 2.41. The number of pyridine rings is 1. The molecular weight excluding hydrogens is 298 g/mol. The summed E-state index contributed by atoms with van der Waals surface area (Å²) in [6.07, 6.45) is 6.43. The van der Waals surface area contributed by atoms with E-state index in [9.17, 15) is 0 Å². The molecule has 1 aromatic carbocycles. The Hall–Kier alpha value is -1.91. The molecule has 0 amide bonds. The Balaban J connectivity index is 1.69. The smallest absolute Gasteiger partial charge is 0.119 e. The van der Waals surface area contributed by atoms with Crippen LogP contribution < -0.4 is 10.5 Å². The molecule has 126 valence electrons. The normalized spacial score (nSPS) is 30.2. The minimum absolute atomic E-state index is 0.00354. The molecule has 3 aliphatic heterocycles. The van der Waals surface area contributed by atoms with Crippen LogP contribution in [-0.2, 0) is 0 Å². The minimum atomic E-state index is -0.00354. The monoisotopic (exact) mass is 323 g/mol. The molecule has 1 unspecified atom stereocenters. The van der Waals surface area contributed by atoms with Crippen molar-refractivity contribution in [3.63, 3.8) is 0 Å². The Morgan fingerprint density at radius 3 is 3.00 bits per heavy atom. The van der Waals surface area contributed by atoms with E-state index < -0.39 is 0 Å². The average molecular weight is 323 g/mol. The number of piperidine rings is 3. The van der Waals surface area contributed by atoms with Gasteiger partial charge in [-0.15, -0.1) is 6.58 Å². The number of nitrogens with zero attached hydrogens (tertiary/aromatic N) is 2. The zero-order valence-corrected chi connectivity index (χ0v) is 14.2. The second kappa shape index (κ2) is 6.19. The summed E-state index contributed by atoms with van der Waals surface area (Å²) in [5.74, 6) is 2.20. The molecule has 4 heteroatoms. The van der Waals surface area contributed by atoms with E-state index in [1.165, 1.54) is 12.0 Å². The van der Waals surface area contributed by atoms with Crippen LogP contribution in [0.1, 0.15) is 24.4 Å². The van der Waals surface area contributed by atoms with Crippen LogP contribution in [0.3, 0.4) is 0 Å². The van der Waals surface area contributed by atoms with Gasteiger partial charge in [-0.2, -0.15) is 0 Å². The zero-order valence-electron chi connectivity index (χ0n) is 14.2. The Kier molecular flexibility index (Phi) is 4.02. The molecule has 1 aromatic heterocycles. The van der Waals surface area contributed by atoms with Crippen LogP contribution >= 0.6 is 0 Å². The van der Waals surface area contributed by atoms with E-state index in [4.69, 9.17) is 10.5 Å². The predicted octanol–water partition coefficient (Wildman–Crippen LogP) is 3.14. The Bertz CT molecular complexity index is 760. The topological polar surface area (TPSA) is 51.4 Å². The first-order valence-corrected chi connectivity index (χ1v) is 8.76. The van der Waals surface area contributed by atoms with Gasteiger partial charge in [0.25, 0.3) is 0 Å². The summed E-state index contributed by atoms with van der Waals surface area (Å²) in [5.41, 5.74) is 8.91. The Labute approximate surface area is 143 Å². The molecule has 5 atom stereocenters. The van der Waals surface area contributed by atoms with Gasteiger partial charge in [-0.1, -0.05) is 6.08 Å². The number of aromatic nitrogens is 1. The number of ether oxygens (including phenoxy) is 1. The first-order chi connectivity index (χ1) is 11.7. The molecule has 2 aromatic rings. The van der Waals surface area contributed by atoms with E-state index in [0.717, 1.165) is 42.1 Å². The molecule has 0 saturated carbocycles. The maximum Gasteiger partial charge on any atom is 0.119 e. The molecular formula is C20H25N3O. The molecule has 0 spiro atoms. The Morgan fingerprint density at radius 2 is 2.29 bits per heavy atom. The highest BCUT2D eigenvalue weighted by molar-refractivity contribution is 5.84. The van der Waals surface area contributed by atoms with Crippen LogP contribution in [0.25, 0.3) is 10.9 Å². The zero-order chi connectivity index (χ0) is 16.7. The van der Waals surface area contributed by atoms with Gasteiger partial charge >= 0.3 is 0 Å². The van der Waals surface area contributed by atoms with Gasteiger partial charge in [0.15, 0.2) is 0 Å². The summed E-state index contributed by atoms with van der Waals surface area (Å²) < 4.78 is 5.39. The summed E-state index contributed by atoms with van der Waals surface area (Å²) in [6.45, 7) is 6.26. The van der Waals surface area contributed by atoms with Crippen LogP contribution in [0, 0.1) is 11.8 Å². The fraction of sp³-hybridized carbons (Fsp3) is 0.450. The van der Waals surface area contributed by atoms with Gasteiger partial charge in [0, 0.05) is 30.2 Å². The van der Waals surface area contributed by atoms with Gasteiger partial charge in [0.2, 0.25) is 0 Å². The molecule has 24 heavy (non-hydrogen) atoms. The number of nitrogens with two attached hydrogens (primary N) is 1. The summed E-state index contributed by atoms with van der Waals surface area (Å²) in [5, 5.41) is 1.10. The van der Waals surface area contributed by atoms with Crippen LogP contribution in [0.15, 0.2) is 43.1 Å². The number of fused-ring (bicyclic) bond motifs is 4. The molecule has 3 aliphatic rings. The van der Waals surface area contributed by atoms with Gasteiger partial charge < -0.3 is 10.5 Å². The molecule has 3 saturated heterocycles. The van der Waals surface area contributed by atoms with Crippen molar-refractivity contribution in [3.05, 3.63) is 48.7 Å². The SMILES string of the molecule is C=C[C@H]1CN2CC[C@H]1C[C@H]2[C@H](N)c1ccnc2ccc(OC)cc12. The third-order valence-corrected chi connectivity index (χ3v) is 5.91. The van der Waals surface area contributed by atoms with Crippen molar-refractivity contribution < 1.29 is 4.74 Å². The minimum Gasteiger partial charge on any atom is -0.497 e. The van der Waals surface area contributed by atoms with Gasteiger partial charge in [0.05, 0.1) is 12.6 Å². The van der Waals surface area contributed by atoms with Gasteiger partial charge in [-0.3, -0.25) is 9.88 Å². The summed E-state index contributed by atoms with van der Waals surface area (Å²) in [7, 11) is 1.69. The lowest BCUT2D eigenvalue weighted by atomic mass is 9.73. The number of hydrogen-bond acceptors (Lipinski definition) is 4. The average Bonchev–Trinajstić information content (AvgIpc) is 2.66. The highest BCUT2D eigenvalue weighted by atomic mass is 16.5. The molecule has 0 radical (unpaired) electrons. The summed E-state index contributed by atoms with van der Waals surface area (Å²) in [6, 6.07) is 8.48. The van der Waals surface area contributed by atoms with Crippen molar-refractivity contribution in [1.82, 2.24) is 9.88 Å². The maximum atomic E-state index is 6.76. The third kappa shape index (κ3) is 2.50. The number of methoxy groups -OCH3 is 1. The standard InChI is InChI=1S/C20H25N3O/c1-3-13-12-23-9-7-14(13)10-19(23)20(21)16-6-8-22-18-5-4-15(24-2)11-17(16)18/h3-6,8,11,13-14,19-20H,1,7,9-10,12,21H2,2H3/t13-,14-,19-,20+/m0/s1. The van der Waals surface area contributed by atoms with Crippen molar-refractivity contribution >= 4 is 10.9 Å². The van der Waals surface area contributed by atoms with E-state index in [-0.39, 0.29) is 6.04 Å². The van der Waals surface area contributed by atoms with Crippen LogP contribution in [-0.4, -0.2) is 36.1 Å². The second-order valence-electron chi connectivity index (χ2n) is 7.06. The van der Waals surface area contributed by atoms with Crippen molar-refractivity contribution in [2.24, 2.45) is 17.6 Å². The Morgan fingerprint density at radius 1 is 1.42 bits per heavy atom. The van der Waals surface area contributed by atoms with Crippen LogP contribution in [0.4, 0.5) is 0 Å². The van der Waals surface area contributed by atoms with Crippen molar-refractivity contribution in [3.8, 4) is 5.75 Å². The second-order valence-corrected chi connectivity index (χ2v) is 7.06. The number of rotatable bonds is 4. The molecule has 4 heterocycles. The lowest BCUT2D eigenvalue weighted by molar-refractivity contribution is 0.00749. The predicted molar refractivity (Wildman–Crippen MR) is 97.0 cm³/mol. The fourth-order valence-corrected chi connectivity index (χ4v) is 4.52. The lowest BCUT2D eigenvalue weighted by Gasteiger charge is -2.51. The highest BCUT2D eigenvalue weighted by Gasteiger charge is 2.41. The van der Waals surface area contributed by atoms with Gasteiger partial charge in [-0.05, 0) is 61.1 Å². The molecule has 0 aliphatic carbocycles. The van der Waals surface area contributed by atoms with Crippen molar-refractivity contribution in [2.75, 3.05) is 20.2 Å². The fourth-order valence-electron chi connectivity index (χ4n) is 4.52. The van der Waals surface area contributed by atoms with E-state index in [1.807, 2.05) is 18.3 Å². The molecule has 2 bridgehead atoms.